The molecule has 4 atom stereocenters. The van der Waals surface area contributed by atoms with Gasteiger partial charge in [-0.1, -0.05) is 0 Å². The van der Waals surface area contributed by atoms with Crippen molar-refractivity contribution in [2.24, 2.45) is 5.92 Å². The molecule has 1 aromatic heterocycles. The van der Waals surface area contributed by atoms with E-state index in [1.807, 2.05) is 6.92 Å². The second kappa shape index (κ2) is 8.78. The number of aliphatic hydroxyl groups excluding tert-OH is 1. The highest BCUT2D eigenvalue weighted by molar-refractivity contribution is 8.04. The van der Waals surface area contributed by atoms with Crippen molar-refractivity contribution in [1.29, 1.82) is 0 Å². The molecule has 12 nitrogen and oxygen atoms in total. The van der Waals surface area contributed by atoms with Crippen molar-refractivity contribution in [2.75, 3.05) is 13.2 Å². The van der Waals surface area contributed by atoms with E-state index in [9.17, 15) is 19.5 Å². The van der Waals surface area contributed by atoms with Gasteiger partial charge < -0.3 is 19.3 Å². The van der Waals surface area contributed by atoms with Crippen molar-refractivity contribution in [3.8, 4) is 0 Å². The summed E-state index contributed by atoms with van der Waals surface area (Å²) in [5.41, 5.74) is 0.0777. The first-order valence-corrected chi connectivity index (χ1v) is 9.85. The van der Waals surface area contributed by atoms with Crippen LogP contribution in [0.2, 0.25) is 0 Å². The van der Waals surface area contributed by atoms with E-state index in [-0.39, 0.29) is 36.2 Å². The van der Waals surface area contributed by atoms with Gasteiger partial charge in [0, 0.05) is 18.2 Å². The van der Waals surface area contributed by atoms with Gasteiger partial charge in [-0.05, 0) is 24.3 Å². The molecule has 0 aliphatic carbocycles. The Kier molecular flexibility index (Phi) is 6.37. The summed E-state index contributed by atoms with van der Waals surface area (Å²) in [4.78, 5) is 38.5. The third-order valence-electron chi connectivity index (χ3n) is 4.41. The van der Waals surface area contributed by atoms with E-state index in [2.05, 4.69) is 20.3 Å². The molecule has 1 aromatic rings. The van der Waals surface area contributed by atoms with E-state index < -0.39 is 24.3 Å². The Morgan fingerprint density at radius 2 is 2.10 bits per heavy atom. The molecule has 0 radical (unpaired) electrons. The quantitative estimate of drug-likeness (QED) is 0.350. The molecular weight excluding hydrogens is 406 g/mol. The lowest BCUT2D eigenvalue weighted by atomic mass is 9.98. The molecular formula is C16H21N5O7S. The van der Waals surface area contributed by atoms with Crippen LogP contribution in [0, 0.1) is 5.92 Å². The molecule has 3 heterocycles. The summed E-state index contributed by atoms with van der Waals surface area (Å²) in [6, 6.07) is -0.190. The third kappa shape index (κ3) is 4.19. The molecule has 158 valence electrons. The molecule has 2 aliphatic heterocycles. The van der Waals surface area contributed by atoms with Crippen LogP contribution in [0.25, 0.3) is 0 Å². The van der Waals surface area contributed by atoms with Gasteiger partial charge in [-0.2, -0.15) is 0 Å². The first-order valence-electron chi connectivity index (χ1n) is 8.97. The van der Waals surface area contributed by atoms with Crippen molar-refractivity contribution in [2.45, 2.75) is 44.9 Å². The van der Waals surface area contributed by atoms with Crippen molar-refractivity contribution >= 4 is 29.8 Å². The monoisotopic (exact) mass is 427 g/mol. The lowest BCUT2D eigenvalue weighted by Gasteiger charge is -2.41. The number of amides is 1. The van der Waals surface area contributed by atoms with Gasteiger partial charge >= 0.3 is 12.1 Å². The minimum absolute atomic E-state index is 0.0777. The maximum atomic E-state index is 12.8. The number of carbonyl (C=O) groups is 3. The van der Waals surface area contributed by atoms with Crippen molar-refractivity contribution in [3.05, 3.63) is 16.9 Å². The van der Waals surface area contributed by atoms with Crippen LogP contribution in [0.3, 0.4) is 0 Å². The highest BCUT2D eigenvalue weighted by Gasteiger charge is 2.56. The SMILES string of the molecule is CCOC(=O)OC(C)OC(=O)C1=C(C[C@@H](C)n2cnnn2)S[C@@H]2[C@@H](CO)C(=O)N12. The summed E-state index contributed by atoms with van der Waals surface area (Å²) in [6.45, 7) is 4.65. The van der Waals surface area contributed by atoms with Crippen LogP contribution in [-0.2, 0) is 23.8 Å². The fourth-order valence-corrected chi connectivity index (χ4v) is 4.61. The molecule has 0 bridgehead atoms. The van der Waals surface area contributed by atoms with E-state index in [1.165, 1.54) is 34.6 Å². The van der Waals surface area contributed by atoms with Gasteiger partial charge in [0.25, 0.3) is 0 Å². The molecule has 13 heteroatoms. The number of nitrogens with zero attached hydrogens (tertiary/aromatic N) is 5. The van der Waals surface area contributed by atoms with E-state index in [0.717, 1.165) is 0 Å². The van der Waals surface area contributed by atoms with Gasteiger partial charge in [0.2, 0.25) is 12.2 Å². The average molecular weight is 427 g/mol. The van der Waals surface area contributed by atoms with E-state index >= 15 is 0 Å². The maximum Gasteiger partial charge on any atom is 0.511 e. The fourth-order valence-electron chi connectivity index (χ4n) is 3.01. The number of aromatic nitrogens is 4. The number of allylic oxidation sites excluding steroid dienone is 1. The van der Waals surface area contributed by atoms with Crippen LogP contribution in [0.4, 0.5) is 4.79 Å². The minimum atomic E-state index is -1.21. The number of esters is 1. The summed E-state index contributed by atoms with van der Waals surface area (Å²) in [7, 11) is 0. The summed E-state index contributed by atoms with van der Waals surface area (Å²) in [5.74, 6) is -1.75. The number of β-lactam (4-membered cyclic amide) rings is 1. The Labute approximate surface area is 170 Å². The Morgan fingerprint density at radius 1 is 1.34 bits per heavy atom. The zero-order valence-electron chi connectivity index (χ0n) is 16.0. The zero-order valence-corrected chi connectivity index (χ0v) is 16.9. The smallest absolute Gasteiger partial charge is 0.435 e. The predicted molar refractivity (Wildman–Crippen MR) is 96.6 cm³/mol. The standard InChI is InChI=1S/C16H21N5O7S/c1-4-26-16(25)28-9(3)27-15(24)12-11(5-8(2)20-7-17-18-19-20)29-14-10(6-22)13(23)21(12)14/h7-10,14,22H,4-6H2,1-3H3/t8-,9?,10+,14-/m1/s1. The highest BCUT2D eigenvalue weighted by atomic mass is 32.2. The van der Waals surface area contributed by atoms with Gasteiger partial charge in [0.15, 0.2) is 0 Å². The molecule has 1 fully saturated rings. The first-order chi connectivity index (χ1) is 13.9. The largest absolute Gasteiger partial charge is 0.511 e. The van der Waals surface area contributed by atoms with E-state index in [4.69, 9.17) is 9.47 Å². The summed E-state index contributed by atoms with van der Waals surface area (Å²) < 4.78 is 16.2. The number of hydrogen-bond acceptors (Lipinski definition) is 11. The number of rotatable bonds is 8. The van der Waals surface area contributed by atoms with Crippen LogP contribution >= 0.6 is 11.8 Å². The molecule has 1 amide bonds. The van der Waals surface area contributed by atoms with Gasteiger partial charge in [-0.15, -0.1) is 16.9 Å². The normalized spacial score (nSPS) is 22.6. The zero-order chi connectivity index (χ0) is 21.1. The van der Waals surface area contributed by atoms with Crippen LogP contribution in [0.1, 0.15) is 33.2 Å². The average Bonchev–Trinajstić information content (AvgIpc) is 3.29. The summed E-state index contributed by atoms with van der Waals surface area (Å²) in [6.07, 6.45) is -0.352. The topological polar surface area (TPSA) is 146 Å². The van der Waals surface area contributed by atoms with E-state index in [0.29, 0.717) is 11.3 Å². The molecule has 0 spiro atoms. The molecule has 3 rings (SSSR count). The van der Waals surface area contributed by atoms with Crippen LogP contribution in [0.5, 0.6) is 0 Å². The molecule has 29 heavy (non-hydrogen) atoms. The van der Waals surface area contributed by atoms with Crippen LogP contribution in [0.15, 0.2) is 16.9 Å². The third-order valence-corrected chi connectivity index (χ3v) is 5.83. The van der Waals surface area contributed by atoms with Gasteiger partial charge in [-0.25, -0.2) is 14.3 Å². The van der Waals surface area contributed by atoms with Crippen LogP contribution in [-0.4, -0.2) is 73.1 Å². The molecule has 0 aromatic carbocycles. The number of ether oxygens (including phenoxy) is 3. The summed E-state index contributed by atoms with van der Waals surface area (Å²) >= 11 is 1.32. The van der Waals surface area contributed by atoms with Crippen molar-refractivity contribution < 1.29 is 33.7 Å². The Balaban J connectivity index is 1.77. The van der Waals surface area contributed by atoms with Gasteiger partial charge in [0.1, 0.15) is 17.4 Å². The Bertz CT molecular complexity index is 815. The lowest BCUT2D eigenvalue weighted by Crippen LogP contribution is -2.58. The number of thioether (sulfide) groups is 1. The second-order valence-electron chi connectivity index (χ2n) is 6.39. The van der Waals surface area contributed by atoms with E-state index in [1.54, 1.807) is 6.92 Å². The number of tetrazole rings is 1. The molecule has 1 unspecified atom stereocenters. The van der Waals surface area contributed by atoms with Gasteiger partial charge in [-0.3, -0.25) is 9.69 Å². The van der Waals surface area contributed by atoms with Gasteiger partial charge in [0.05, 0.1) is 25.2 Å². The molecule has 1 N–H and O–H groups in total. The fraction of sp³-hybridized carbons (Fsp3) is 0.625. The number of hydrogen-bond donors (Lipinski definition) is 1. The lowest BCUT2D eigenvalue weighted by molar-refractivity contribution is -0.169. The summed E-state index contributed by atoms with van der Waals surface area (Å²) in [5, 5.41) is 20.1. The van der Waals surface area contributed by atoms with Crippen molar-refractivity contribution in [1.82, 2.24) is 25.1 Å². The molecule has 2 aliphatic rings. The minimum Gasteiger partial charge on any atom is -0.435 e. The number of fused-ring (bicyclic) bond motifs is 1. The second-order valence-corrected chi connectivity index (χ2v) is 7.61. The van der Waals surface area contributed by atoms with Crippen LogP contribution < -0.4 is 0 Å². The molecule has 0 saturated carbocycles. The number of aliphatic hydroxyl groups is 1. The maximum absolute atomic E-state index is 12.8. The first kappa shape index (κ1) is 21.0. The number of carbonyl (C=O) groups excluding carboxylic acids is 3. The predicted octanol–water partition coefficient (Wildman–Crippen LogP) is 0.422. The Morgan fingerprint density at radius 3 is 2.72 bits per heavy atom. The molecule has 1 saturated heterocycles. The van der Waals surface area contributed by atoms with Crippen molar-refractivity contribution in [3.63, 3.8) is 0 Å². The Hall–Kier alpha value is -2.67. The highest BCUT2D eigenvalue weighted by Crippen LogP contribution is 2.51.